The fraction of sp³-hybridized carbons (Fsp3) is 0.368. The van der Waals surface area contributed by atoms with Gasteiger partial charge in [-0.05, 0) is 43.7 Å². The van der Waals surface area contributed by atoms with Crippen molar-refractivity contribution in [2.24, 2.45) is 0 Å². The third-order valence-electron chi connectivity index (χ3n) is 5.15. The maximum atomic E-state index is 10.4. The van der Waals surface area contributed by atoms with E-state index in [-0.39, 0.29) is 0 Å². The normalized spacial score (nSPS) is 15.1. The van der Waals surface area contributed by atoms with E-state index in [0.717, 1.165) is 24.5 Å². The number of ether oxygens (including phenoxy) is 2. The smallest absolute Gasteiger partial charge is 0.324 e. The molecule has 0 spiro atoms. The zero-order valence-electron chi connectivity index (χ0n) is 17.8. The Morgan fingerprint density at radius 2 is 1.44 bits per heavy atom. The Morgan fingerprint density at radius 3 is 1.88 bits per heavy atom. The van der Waals surface area contributed by atoms with Crippen LogP contribution in [-0.4, -0.2) is 52.6 Å². The lowest BCUT2D eigenvalue weighted by molar-refractivity contribution is -0.404. The van der Waals surface area contributed by atoms with Crippen molar-refractivity contribution in [3.63, 3.8) is 0 Å². The van der Waals surface area contributed by atoms with Crippen molar-refractivity contribution in [1.82, 2.24) is 4.90 Å². The second kappa shape index (κ2) is 9.87. The average Bonchev–Trinajstić information content (AvgIpc) is 2.75. The number of nitro benzene ring substituents is 3. The second-order valence-corrected chi connectivity index (χ2v) is 6.92. The lowest BCUT2D eigenvalue weighted by Gasteiger charge is -2.32. The van der Waals surface area contributed by atoms with Gasteiger partial charge in [0, 0.05) is 12.6 Å². The summed E-state index contributed by atoms with van der Waals surface area (Å²) in [6.07, 6.45) is 1.08. The van der Waals surface area contributed by atoms with E-state index >= 15 is 0 Å². The summed E-state index contributed by atoms with van der Waals surface area (Å²) in [6, 6.07) is 5.56. The zero-order valence-corrected chi connectivity index (χ0v) is 17.8. The fourth-order valence-electron chi connectivity index (χ4n) is 3.24. The minimum Gasteiger partial charge on any atom is -0.497 e. The molecule has 1 atom stereocenters. The Morgan fingerprint density at radius 1 is 0.938 bits per heavy atom. The average molecular weight is 450 g/mol. The first-order valence-corrected chi connectivity index (χ1v) is 9.27. The summed E-state index contributed by atoms with van der Waals surface area (Å²) >= 11 is 0. The van der Waals surface area contributed by atoms with E-state index in [1.54, 1.807) is 14.2 Å². The first kappa shape index (κ1) is 24.3. The molecule has 3 rings (SSSR count). The molecule has 2 aromatic rings. The third kappa shape index (κ3) is 5.00. The Balaban J connectivity index is 0.000000227. The van der Waals surface area contributed by atoms with E-state index in [0.29, 0.717) is 18.2 Å². The van der Waals surface area contributed by atoms with Gasteiger partial charge in [-0.15, -0.1) is 0 Å². The van der Waals surface area contributed by atoms with Gasteiger partial charge in [0.2, 0.25) is 0 Å². The van der Waals surface area contributed by atoms with E-state index < -0.39 is 37.6 Å². The quantitative estimate of drug-likeness (QED) is 0.526. The van der Waals surface area contributed by atoms with Gasteiger partial charge in [0.25, 0.3) is 11.4 Å². The number of nitrogens with zero attached hydrogens (tertiary/aromatic N) is 4. The maximum absolute atomic E-state index is 10.4. The number of phenols is 1. The molecule has 0 bridgehead atoms. The van der Waals surface area contributed by atoms with E-state index in [2.05, 4.69) is 31.0 Å². The number of rotatable bonds is 5. The molecule has 1 aliphatic rings. The first-order chi connectivity index (χ1) is 15.0. The van der Waals surface area contributed by atoms with Crippen LogP contribution in [0.4, 0.5) is 17.1 Å². The predicted molar refractivity (Wildman–Crippen MR) is 112 cm³/mol. The number of non-ortho nitro benzene ring substituents is 1. The zero-order chi connectivity index (χ0) is 24.2. The van der Waals surface area contributed by atoms with Crippen molar-refractivity contribution in [2.45, 2.75) is 19.4 Å². The monoisotopic (exact) mass is 450 g/mol. The number of aromatic hydroxyl groups is 1. The van der Waals surface area contributed by atoms with Crippen molar-refractivity contribution in [3.05, 3.63) is 65.7 Å². The van der Waals surface area contributed by atoms with Gasteiger partial charge in [0.15, 0.2) is 11.5 Å². The largest absolute Gasteiger partial charge is 0.497 e. The Kier molecular flexibility index (Phi) is 7.49. The van der Waals surface area contributed by atoms with Crippen LogP contribution >= 0.6 is 0 Å². The van der Waals surface area contributed by atoms with Crippen molar-refractivity contribution in [1.29, 1.82) is 0 Å². The Labute approximate surface area is 182 Å². The Hall–Kier alpha value is -4.00. The molecule has 0 unspecified atom stereocenters. The van der Waals surface area contributed by atoms with Crippen molar-refractivity contribution < 1.29 is 29.4 Å². The molecule has 0 aromatic heterocycles. The SMILES string of the molecule is COc1cc2c(cc1OC)[C@H](C)N(C)CC2.O=[N+]([O-])c1cc([N+](=O)[O-])c(O)c([N+](=O)[O-])c1. The maximum Gasteiger partial charge on any atom is 0.324 e. The number of hydrogen-bond acceptors (Lipinski definition) is 10. The number of hydrogen-bond donors (Lipinski definition) is 1. The van der Waals surface area contributed by atoms with Gasteiger partial charge in [-0.3, -0.25) is 35.2 Å². The summed E-state index contributed by atoms with van der Waals surface area (Å²) < 4.78 is 10.7. The molecule has 0 saturated heterocycles. The van der Waals surface area contributed by atoms with Crippen molar-refractivity contribution >= 4 is 17.1 Å². The molecule has 0 saturated carbocycles. The van der Waals surface area contributed by atoms with Crippen LogP contribution < -0.4 is 9.47 Å². The van der Waals surface area contributed by atoms with Crippen LogP contribution in [0.3, 0.4) is 0 Å². The molecule has 1 N–H and O–H groups in total. The van der Waals surface area contributed by atoms with Gasteiger partial charge in [0.1, 0.15) is 0 Å². The molecular formula is C19H22N4O9. The number of methoxy groups -OCH3 is 2. The lowest BCUT2D eigenvalue weighted by atomic mass is 9.93. The van der Waals surface area contributed by atoms with Crippen LogP contribution in [0.2, 0.25) is 0 Å². The van der Waals surface area contributed by atoms with Gasteiger partial charge in [-0.1, -0.05) is 0 Å². The van der Waals surface area contributed by atoms with Gasteiger partial charge < -0.3 is 14.6 Å². The van der Waals surface area contributed by atoms with Gasteiger partial charge >= 0.3 is 11.4 Å². The van der Waals surface area contributed by atoms with Crippen LogP contribution in [0.1, 0.15) is 24.1 Å². The number of likely N-dealkylation sites (N-methyl/N-ethyl adjacent to an activating group) is 1. The van der Waals surface area contributed by atoms with E-state index in [1.807, 2.05) is 0 Å². The van der Waals surface area contributed by atoms with E-state index in [1.165, 1.54) is 11.1 Å². The standard InChI is InChI=1S/C13H19NO2.C6H3N3O7/c1-9-11-8-13(16-4)12(15-3)7-10(11)5-6-14(9)2;10-6-4(8(13)14)1-3(7(11)12)2-5(6)9(15)16/h7-9H,5-6H2,1-4H3;1-2,10H/t9-;/m0./s1. The molecule has 1 aliphatic heterocycles. The molecule has 0 aliphatic carbocycles. The van der Waals surface area contributed by atoms with Crippen LogP contribution in [-0.2, 0) is 6.42 Å². The molecule has 32 heavy (non-hydrogen) atoms. The van der Waals surface area contributed by atoms with E-state index in [4.69, 9.17) is 14.6 Å². The van der Waals surface area contributed by atoms with Crippen LogP contribution in [0.25, 0.3) is 0 Å². The summed E-state index contributed by atoms with van der Waals surface area (Å²) in [5, 5.41) is 40.2. The molecular weight excluding hydrogens is 428 g/mol. The topological polar surface area (TPSA) is 171 Å². The number of fused-ring (bicyclic) bond motifs is 1. The first-order valence-electron chi connectivity index (χ1n) is 9.27. The molecule has 0 amide bonds. The summed E-state index contributed by atoms with van der Waals surface area (Å²) in [5.41, 5.74) is -0.271. The van der Waals surface area contributed by atoms with Crippen molar-refractivity contribution in [2.75, 3.05) is 27.8 Å². The highest BCUT2D eigenvalue weighted by Gasteiger charge is 2.30. The summed E-state index contributed by atoms with van der Waals surface area (Å²) in [4.78, 5) is 30.1. The van der Waals surface area contributed by atoms with Gasteiger partial charge in [0.05, 0.1) is 41.1 Å². The molecule has 13 heteroatoms. The number of phenolic OH excluding ortho intramolecular Hbond substituents is 1. The molecule has 0 radical (unpaired) electrons. The van der Waals surface area contributed by atoms with E-state index in [9.17, 15) is 30.3 Å². The summed E-state index contributed by atoms with van der Waals surface area (Å²) in [6.45, 7) is 3.33. The molecule has 0 fully saturated rings. The second-order valence-electron chi connectivity index (χ2n) is 6.92. The minimum atomic E-state index is -1.21. The highest BCUT2D eigenvalue weighted by Crippen LogP contribution is 2.39. The Bertz CT molecular complexity index is 1020. The van der Waals surface area contributed by atoms with Crippen LogP contribution in [0.5, 0.6) is 17.2 Å². The molecule has 13 nitrogen and oxygen atoms in total. The van der Waals surface area contributed by atoms with Gasteiger partial charge in [-0.25, -0.2) is 0 Å². The van der Waals surface area contributed by atoms with Crippen LogP contribution in [0, 0.1) is 30.3 Å². The highest BCUT2D eigenvalue weighted by atomic mass is 16.6. The van der Waals surface area contributed by atoms with Crippen molar-refractivity contribution in [3.8, 4) is 17.2 Å². The highest BCUT2D eigenvalue weighted by molar-refractivity contribution is 5.64. The molecule has 172 valence electrons. The number of nitro groups is 3. The van der Waals surface area contributed by atoms with Crippen LogP contribution in [0.15, 0.2) is 24.3 Å². The summed E-state index contributed by atoms with van der Waals surface area (Å²) in [7, 11) is 5.52. The summed E-state index contributed by atoms with van der Waals surface area (Å²) in [5.74, 6) is 0.446. The molecule has 1 heterocycles. The molecule has 2 aromatic carbocycles. The third-order valence-corrected chi connectivity index (χ3v) is 5.15. The predicted octanol–water partition coefficient (Wildman–Crippen LogP) is 3.37. The lowest BCUT2D eigenvalue weighted by Crippen LogP contribution is -2.30. The minimum absolute atomic E-state index is 0.447. The number of benzene rings is 2. The van der Waals surface area contributed by atoms with Gasteiger partial charge in [-0.2, -0.15) is 0 Å². The fourth-order valence-corrected chi connectivity index (χ4v) is 3.24.